The number of rotatable bonds is 9. The fourth-order valence-corrected chi connectivity index (χ4v) is 6.85. The number of fused-ring (bicyclic) bond motifs is 3. The average molecular weight is 840 g/mol. The van der Waals surface area contributed by atoms with E-state index in [9.17, 15) is 0 Å². The molecule has 3 heterocycles. The number of benzene rings is 4. The van der Waals surface area contributed by atoms with E-state index in [4.69, 9.17) is 14.8 Å². The summed E-state index contributed by atoms with van der Waals surface area (Å²) in [5, 5.41) is 7.29. The Morgan fingerprint density at radius 3 is 2.34 bits per heavy atom. The molecule has 0 amide bonds. The number of pyridine rings is 1. The first-order valence-electron chi connectivity index (χ1n) is 17.3. The monoisotopic (exact) mass is 839 g/mol. The van der Waals surface area contributed by atoms with Gasteiger partial charge in [0.25, 0.3) is 0 Å². The predicted molar refractivity (Wildman–Crippen MR) is 201 cm³/mol. The Hall–Kier alpha value is -4.47. The smallest absolute Gasteiger partial charge is 0.509 e. The van der Waals surface area contributed by atoms with Crippen molar-refractivity contribution in [1.82, 2.24) is 19.3 Å². The van der Waals surface area contributed by atoms with E-state index in [1.807, 2.05) is 29.1 Å². The normalized spacial score (nSPS) is 11.8. The van der Waals surface area contributed by atoms with E-state index >= 15 is 0 Å². The molecular weight excluding hydrogens is 796 g/mol. The van der Waals surface area contributed by atoms with Crippen LogP contribution in [0.1, 0.15) is 69.1 Å². The number of ether oxygens (including phenoxy) is 1. The van der Waals surface area contributed by atoms with Crippen molar-refractivity contribution >= 4 is 21.8 Å². The van der Waals surface area contributed by atoms with Crippen LogP contribution in [-0.4, -0.2) is 19.3 Å². The molecule has 0 radical (unpaired) electrons. The van der Waals surface area contributed by atoms with Gasteiger partial charge in [0.15, 0.2) is 0 Å². The number of nitrogens with zero attached hydrogens (tertiary/aromatic N) is 4. The zero-order valence-electron chi connectivity index (χ0n) is 30.2. The molecule has 0 spiro atoms. The molecule has 0 aliphatic heterocycles. The van der Waals surface area contributed by atoms with Crippen LogP contribution in [-0.2, 0) is 32.9 Å². The van der Waals surface area contributed by atoms with Crippen LogP contribution < -0.4 is 4.74 Å². The van der Waals surface area contributed by atoms with Crippen molar-refractivity contribution in [1.29, 1.82) is 0 Å². The van der Waals surface area contributed by atoms with Crippen molar-refractivity contribution in [3.05, 3.63) is 131 Å². The molecule has 0 bridgehead atoms. The Balaban J connectivity index is 0.00000432. The molecule has 0 saturated carbocycles. The molecule has 4 aromatic carbocycles. The third kappa shape index (κ3) is 6.68. The topological polar surface area (TPSA) is 44.9 Å². The molecule has 0 aliphatic rings. The molecule has 0 fully saturated rings. The second kappa shape index (κ2) is 14.0. The van der Waals surface area contributed by atoms with Crippen LogP contribution in [0, 0.1) is 38.8 Å². The third-order valence-electron chi connectivity index (χ3n) is 9.78. The maximum absolute atomic E-state index is 6.65. The predicted octanol–water partition coefficient (Wildman–Crippen LogP) is 11.2. The molecule has 5 nitrogen and oxygen atoms in total. The van der Waals surface area contributed by atoms with E-state index in [0.717, 1.165) is 68.8 Å². The van der Waals surface area contributed by atoms with E-state index in [0.29, 0.717) is 17.4 Å². The van der Waals surface area contributed by atoms with Gasteiger partial charge in [0.1, 0.15) is 5.82 Å². The molecule has 7 aromatic rings. The summed E-state index contributed by atoms with van der Waals surface area (Å²) in [5.74, 6) is 2.61. The number of aryl methyl sites for hydroxylation is 2. The molecule has 6 heteroatoms. The minimum absolute atomic E-state index is 0. The van der Waals surface area contributed by atoms with Gasteiger partial charge in [-0.2, -0.15) is 16.7 Å². The fourth-order valence-electron chi connectivity index (χ4n) is 6.85. The number of aromatic nitrogens is 4. The van der Waals surface area contributed by atoms with Gasteiger partial charge in [-0.3, -0.25) is 4.68 Å². The summed E-state index contributed by atoms with van der Waals surface area (Å²) in [6, 6.07) is 37.1. The minimum atomic E-state index is 0. The number of hydrogen-bond donors (Lipinski definition) is 0. The van der Waals surface area contributed by atoms with Crippen LogP contribution >= 0.6 is 0 Å². The van der Waals surface area contributed by atoms with Gasteiger partial charge in [-0.25, -0.2) is 4.98 Å². The fraction of sp³-hybridized carbons (Fsp3) is 0.273. The standard InChI is InChI=1S/C44H44N4O.Pt/c1-9-44(7,8)34-15-18-40-39(25-34)38-17-16-36(27-41(38)47(40)42-22-29(4)19-20-45-42)49-37-24-32(21-28(2)3)23-35(26-37)48-31(6)43(30(5)46-48)33-13-11-10-12-14-33;/h10-20,22-25,28H,9,21H2,1-8H3;/q-2;+2. The van der Waals surface area contributed by atoms with Crippen LogP contribution in [0.25, 0.3) is 44.4 Å². The Morgan fingerprint density at radius 1 is 0.840 bits per heavy atom. The van der Waals surface area contributed by atoms with Gasteiger partial charge in [0, 0.05) is 34.5 Å². The van der Waals surface area contributed by atoms with E-state index < -0.39 is 0 Å². The maximum Gasteiger partial charge on any atom is 2.00 e. The Morgan fingerprint density at radius 2 is 1.62 bits per heavy atom. The van der Waals surface area contributed by atoms with Gasteiger partial charge in [-0.05, 0) is 90.9 Å². The molecule has 7 rings (SSSR count). The molecule has 0 atom stereocenters. The molecule has 0 aliphatic carbocycles. The van der Waals surface area contributed by atoms with Crippen LogP contribution in [0.4, 0.5) is 0 Å². The molecule has 256 valence electrons. The minimum Gasteiger partial charge on any atom is -0.509 e. The zero-order valence-corrected chi connectivity index (χ0v) is 32.4. The second-order valence-corrected chi connectivity index (χ2v) is 14.3. The quantitative estimate of drug-likeness (QED) is 0.136. The van der Waals surface area contributed by atoms with Crippen molar-refractivity contribution in [2.45, 2.75) is 73.6 Å². The maximum atomic E-state index is 6.65. The van der Waals surface area contributed by atoms with Crippen molar-refractivity contribution < 1.29 is 25.8 Å². The third-order valence-corrected chi connectivity index (χ3v) is 9.78. The summed E-state index contributed by atoms with van der Waals surface area (Å²) in [7, 11) is 0. The SMILES string of the molecule is CCC(C)(C)c1ccc2c(c1)c1ccc(Oc3[c-]c(-n4nc(C)c(-c5ccccc5)c4C)cc(CC(C)C)c3)[c-]c1n2-c1cc(C)ccn1.[Pt+2]. The summed E-state index contributed by atoms with van der Waals surface area (Å²) in [6.07, 6.45) is 3.84. The van der Waals surface area contributed by atoms with Crippen LogP contribution in [0.3, 0.4) is 0 Å². The summed E-state index contributed by atoms with van der Waals surface area (Å²) >= 11 is 0. The average Bonchev–Trinajstić information content (AvgIpc) is 3.56. The largest absolute Gasteiger partial charge is 2.00 e. The zero-order chi connectivity index (χ0) is 34.4. The van der Waals surface area contributed by atoms with E-state index in [2.05, 4.69) is 139 Å². The summed E-state index contributed by atoms with van der Waals surface area (Å²) in [5.41, 5.74) is 11.0. The summed E-state index contributed by atoms with van der Waals surface area (Å²) < 4.78 is 10.9. The number of hydrogen-bond acceptors (Lipinski definition) is 3. The van der Waals surface area contributed by atoms with Crippen LogP contribution in [0.15, 0.2) is 91.1 Å². The van der Waals surface area contributed by atoms with Gasteiger partial charge < -0.3 is 9.30 Å². The van der Waals surface area contributed by atoms with E-state index in [1.165, 1.54) is 16.5 Å². The first kappa shape index (κ1) is 35.4. The van der Waals surface area contributed by atoms with Gasteiger partial charge in [-0.15, -0.1) is 35.7 Å². The van der Waals surface area contributed by atoms with Crippen molar-refractivity contribution in [2.75, 3.05) is 0 Å². The van der Waals surface area contributed by atoms with Gasteiger partial charge in [0.2, 0.25) is 0 Å². The molecule has 0 unspecified atom stereocenters. The Labute approximate surface area is 310 Å². The van der Waals surface area contributed by atoms with Gasteiger partial charge in [-0.1, -0.05) is 82.6 Å². The first-order chi connectivity index (χ1) is 23.5. The van der Waals surface area contributed by atoms with Crippen LogP contribution in [0.5, 0.6) is 11.5 Å². The van der Waals surface area contributed by atoms with Gasteiger partial charge >= 0.3 is 21.1 Å². The second-order valence-electron chi connectivity index (χ2n) is 14.3. The Bertz CT molecular complexity index is 2310. The Kier molecular flexibility index (Phi) is 9.93. The van der Waals surface area contributed by atoms with Crippen molar-refractivity contribution in [3.8, 4) is 34.1 Å². The summed E-state index contributed by atoms with van der Waals surface area (Å²) in [6.45, 7) is 17.6. The molecule has 50 heavy (non-hydrogen) atoms. The van der Waals surface area contributed by atoms with Crippen LogP contribution in [0.2, 0.25) is 0 Å². The molecule has 0 saturated heterocycles. The van der Waals surface area contributed by atoms with Gasteiger partial charge in [0.05, 0.1) is 5.69 Å². The molecule has 0 N–H and O–H groups in total. The van der Waals surface area contributed by atoms with E-state index in [1.54, 1.807) is 0 Å². The van der Waals surface area contributed by atoms with E-state index in [-0.39, 0.29) is 26.5 Å². The molecular formula is C44H44N4OPt. The van der Waals surface area contributed by atoms with Crippen molar-refractivity contribution in [3.63, 3.8) is 0 Å². The molecule has 3 aromatic heterocycles. The summed E-state index contributed by atoms with van der Waals surface area (Å²) in [4.78, 5) is 4.79. The first-order valence-corrected chi connectivity index (χ1v) is 17.3. The van der Waals surface area contributed by atoms with Crippen molar-refractivity contribution in [2.24, 2.45) is 5.92 Å².